The van der Waals surface area contributed by atoms with Crippen molar-refractivity contribution in [1.29, 1.82) is 0 Å². The van der Waals surface area contributed by atoms with Crippen LogP contribution >= 0.6 is 0 Å². The average Bonchev–Trinajstić information content (AvgIpc) is 3.34. The Balaban J connectivity index is 1.45. The van der Waals surface area contributed by atoms with E-state index in [0.717, 1.165) is 38.0 Å². The summed E-state index contributed by atoms with van der Waals surface area (Å²) >= 11 is 0. The molecule has 1 aliphatic carbocycles. The predicted octanol–water partition coefficient (Wildman–Crippen LogP) is 3.00. The maximum absolute atomic E-state index is 5.64. The number of H-pyrrole nitrogens is 1. The van der Waals surface area contributed by atoms with Gasteiger partial charge in [0.25, 0.3) is 0 Å². The third-order valence-corrected chi connectivity index (χ3v) is 4.60. The van der Waals surface area contributed by atoms with Gasteiger partial charge in [0.15, 0.2) is 5.96 Å². The molecule has 0 amide bonds. The second-order valence-electron chi connectivity index (χ2n) is 6.77. The smallest absolute Gasteiger partial charge is 0.191 e. The molecule has 1 fully saturated rings. The molecular formula is C20H30N4O. The fourth-order valence-electron chi connectivity index (χ4n) is 2.98. The molecule has 1 aromatic carbocycles. The Kier molecular flexibility index (Phi) is 6.34. The number of fused-ring (bicyclic) bond motifs is 1. The summed E-state index contributed by atoms with van der Waals surface area (Å²) in [4.78, 5) is 7.98. The molecule has 1 heterocycles. The summed E-state index contributed by atoms with van der Waals surface area (Å²) in [5.41, 5.74) is 3.87. The molecule has 5 nitrogen and oxygen atoms in total. The summed E-state index contributed by atoms with van der Waals surface area (Å²) in [5.74, 6) is 1.68. The molecule has 25 heavy (non-hydrogen) atoms. The van der Waals surface area contributed by atoms with Crippen molar-refractivity contribution in [1.82, 2.24) is 15.6 Å². The van der Waals surface area contributed by atoms with Gasteiger partial charge >= 0.3 is 0 Å². The number of para-hydroxylation sites is 1. The van der Waals surface area contributed by atoms with Crippen molar-refractivity contribution in [2.75, 3.05) is 32.8 Å². The highest BCUT2D eigenvalue weighted by molar-refractivity contribution is 5.86. The number of aromatic amines is 1. The molecule has 136 valence electrons. The number of aromatic nitrogens is 1. The molecule has 2 aromatic rings. The van der Waals surface area contributed by atoms with Crippen LogP contribution in [-0.2, 0) is 11.2 Å². The SMILES string of the molecule is CCNC(=NCCOCC1CC1)NCCc1c[nH]c2c(C)cccc12. The van der Waals surface area contributed by atoms with Crippen LogP contribution in [0.3, 0.4) is 0 Å². The highest BCUT2D eigenvalue weighted by Crippen LogP contribution is 2.28. The molecule has 1 aromatic heterocycles. The first-order valence-corrected chi connectivity index (χ1v) is 9.43. The van der Waals surface area contributed by atoms with Crippen LogP contribution in [0.2, 0.25) is 0 Å². The summed E-state index contributed by atoms with van der Waals surface area (Å²) in [6, 6.07) is 6.45. The lowest BCUT2D eigenvalue weighted by atomic mass is 10.1. The van der Waals surface area contributed by atoms with Gasteiger partial charge in [-0.2, -0.15) is 0 Å². The van der Waals surface area contributed by atoms with E-state index < -0.39 is 0 Å². The largest absolute Gasteiger partial charge is 0.379 e. The van der Waals surface area contributed by atoms with Crippen LogP contribution in [0.15, 0.2) is 29.4 Å². The van der Waals surface area contributed by atoms with Gasteiger partial charge < -0.3 is 20.4 Å². The van der Waals surface area contributed by atoms with E-state index in [0.29, 0.717) is 13.2 Å². The Bertz CT molecular complexity index is 703. The van der Waals surface area contributed by atoms with Crippen molar-refractivity contribution in [3.05, 3.63) is 35.5 Å². The van der Waals surface area contributed by atoms with E-state index in [-0.39, 0.29) is 0 Å². The first kappa shape index (κ1) is 17.8. The Labute approximate surface area is 150 Å². The summed E-state index contributed by atoms with van der Waals surface area (Å²) in [6.07, 6.45) is 5.75. The Hall–Kier alpha value is -2.01. The number of hydrogen-bond acceptors (Lipinski definition) is 2. The molecule has 0 radical (unpaired) electrons. The lowest BCUT2D eigenvalue weighted by Gasteiger charge is -2.11. The normalized spacial score (nSPS) is 14.9. The summed E-state index contributed by atoms with van der Waals surface area (Å²) in [7, 11) is 0. The van der Waals surface area contributed by atoms with Gasteiger partial charge in [0.2, 0.25) is 0 Å². The Morgan fingerprint density at radius 2 is 2.20 bits per heavy atom. The number of benzene rings is 1. The van der Waals surface area contributed by atoms with Crippen molar-refractivity contribution in [3.63, 3.8) is 0 Å². The maximum atomic E-state index is 5.64. The molecular weight excluding hydrogens is 312 g/mol. The van der Waals surface area contributed by atoms with Crippen LogP contribution in [0, 0.1) is 12.8 Å². The predicted molar refractivity (Wildman–Crippen MR) is 104 cm³/mol. The van der Waals surface area contributed by atoms with E-state index in [1.807, 2.05) is 0 Å². The molecule has 1 aliphatic rings. The third kappa shape index (κ3) is 5.23. The van der Waals surface area contributed by atoms with Crippen LogP contribution in [0.25, 0.3) is 10.9 Å². The van der Waals surface area contributed by atoms with Gasteiger partial charge in [0.1, 0.15) is 0 Å². The van der Waals surface area contributed by atoms with Crippen LogP contribution < -0.4 is 10.6 Å². The molecule has 1 saturated carbocycles. The number of nitrogens with one attached hydrogen (secondary N) is 3. The van der Waals surface area contributed by atoms with Crippen molar-refractivity contribution >= 4 is 16.9 Å². The summed E-state index contributed by atoms with van der Waals surface area (Å²) in [6.45, 7) is 8.25. The van der Waals surface area contributed by atoms with E-state index in [4.69, 9.17) is 4.74 Å². The van der Waals surface area contributed by atoms with Gasteiger partial charge in [-0.15, -0.1) is 0 Å². The number of rotatable bonds is 9. The first-order chi connectivity index (χ1) is 12.3. The molecule has 0 spiro atoms. The van der Waals surface area contributed by atoms with Crippen molar-refractivity contribution in [2.45, 2.75) is 33.1 Å². The van der Waals surface area contributed by atoms with Crippen molar-refractivity contribution in [2.24, 2.45) is 10.9 Å². The van der Waals surface area contributed by atoms with E-state index in [1.54, 1.807) is 0 Å². The molecule has 0 atom stereocenters. The highest BCUT2D eigenvalue weighted by atomic mass is 16.5. The van der Waals surface area contributed by atoms with Gasteiger partial charge in [-0.25, -0.2) is 0 Å². The molecule has 3 rings (SSSR count). The molecule has 5 heteroatoms. The molecule has 0 bridgehead atoms. The van der Waals surface area contributed by atoms with E-state index in [9.17, 15) is 0 Å². The minimum absolute atomic E-state index is 0.703. The minimum atomic E-state index is 0.703. The number of aliphatic imine (C=N–C) groups is 1. The topological polar surface area (TPSA) is 61.4 Å². The molecule has 3 N–H and O–H groups in total. The minimum Gasteiger partial charge on any atom is -0.379 e. The molecule has 0 aliphatic heterocycles. The number of hydrogen-bond donors (Lipinski definition) is 3. The quantitative estimate of drug-likeness (QED) is 0.373. The monoisotopic (exact) mass is 342 g/mol. The van der Waals surface area contributed by atoms with Crippen LogP contribution in [0.5, 0.6) is 0 Å². The second kappa shape index (κ2) is 8.90. The van der Waals surface area contributed by atoms with Gasteiger partial charge in [0, 0.05) is 36.8 Å². The zero-order valence-electron chi connectivity index (χ0n) is 15.4. The Morgan fingerprint density at radius 3 is 3.00 bits per heavy atom. The number of guanidine groups is 1. The summed E-state index contributed by atoms with van der Waals surface area (Å²) in [5, 5.41) is 8.03. The van der Waals surface area contributed by atoms with Crippen LogP contribution in [-0.4, -0.2) is 43.8 Å². The maximum Gasteiger partial charge on any atom is 0.191 e. The molecule has 0 saturated heterocycles. The standard InChI is InChI=1S/C20H30N4O/c1-3-21-20(23-11-12-25-14-16-7-8-16)22-10-9-17-13-24-19-15(2)5-4-6-18(17)19/h4-6,13,16,24H,3,7-12,14H2,1-2H3,(H2,21,22,23). The zero-order valence-corrected chi connectivity index (χ0v) is 15.4. The third-order valence-electron chi connectivity index (χ3n) is 4.60. The van der Waals surface area contributed by atoms with E-state index >= 15 is 0 Å². The summed E-state index contributed by atoms with van der Waals surface area (Å²) < 4.78 is 5.64. The van der Waals surface area contributed by atoms with Crippen molar-refractivity contribution in [3.8, 4) is 0 Å². The average molecular weight is 342 g/mol. The lowest BCUT2D eigenvalue weighted by Crippen LogP contribution is -2.38. The molecule has 0 unspecified atom stereocenters. The number of aryl methyl sites for hydroxylation is 1. The number of nitrogens with zero attached hydrogens (tertiary/aromatic N) is 1. The van der Waals surface area contributed by atoms with Gasteiger partial charge in [-0.1, -0.05) is 18.2 Å². The first-order valence-electron chi connectivity index (χ1n) is 9.43. The lowest BCUT2D eigenvalue weighted by molar-refractivity contribution is 0.131. The fourth-order valence-corrected chi connectivity index (χ4v) is 2.98. The van der Waals surface area contributed by atoms with E-state index in [1.165, 1.54) is 34.9 Å². The fraction of sp³-hybridized carbons (Fsp3) is 0.550. The second-order valence-corrected chi connectivity index (χ2v) is 6.77. The van der Waals surface area contributed by atoms with Gasteiger partial charge in [-0.05, 0) is 50.2 Å². The Morgan fingerprint density at radius 1 is 1.32 bits per heavy atom. The highest BCUT2D eigenvalue weighted by Gasteiger charge is 2.20. The van der Waals surface area contributed by atoms with E-state index in [2.05, 4.69) is 58.9 Å². The number of ether oxygens (including phenoxy) is 1. The van der Waals surface area contributed by atoms with Crippen molar-refractivity contribution < 1.29 is 4.74 Å². The van der Waals surface area contributed by atoms with Crippen LogP contribution in [0.4, 0.5) is 0 Å². The zero-order chi connectivity index (χ0) is 17.5. The van der Waals surface area contributed by atoms with Crippen LogP contribution in [0.1, 0.15) is 30.9 Å². The van der Waals surface area contributed by atoms with Gasteiger partial charge in [0.05, 0.1) is 13.2 Å². The van der Waals surface area contributed by atoms with Gasteiger partial charge in [-0.3, -0.25) is 4.99 Å².